The molecule has 2 heteroatoms. The molecule has 0 unspecified atom stereocenters. The Labute approximate surface area is 72.4 Å². The van der Waals surface area contributed by atoms with Gasteiger partial charge in [-0.25, -0.2) is 0 Å². The first-order valence-electron chi connectivity index (χ1n) is 4.28. The summed E-state index contributed by atoms with van der Waals surface area (Å²) in [4.78, 5) is 8.61. The molecule has 0 aromatic carbocycles. The minimum Gasteiger partial charge on any atom is -0.259 e. The van der Waals surface area contributed by atoms with E-state index >= 15 is 0 Å². The van der Waals surface area contributed by atoms with E-state index in [0.717, 1.165) is 17.8 Å². The van der Waals surface area contributed by atoms with E-state index in [1.807, 2.05) is 12.4 Å². The maximum absolute atomic E-state index is 4.36. The fourth-order valence-corrected chi connectivity index (χ4v) is 1.31. The Bertz CT molecular complexity index is 327. The summed E-state index contributed by atoms with van der Waals surface area (Å²) >= 11 is 0. The van der Waals surface area contributed by atoms with Crippen LogP contribution in [0.4, 0.5) is 5.69 Å². The molecule has 1 aromatic rings. The highest BCUT2D eigenvalue weighted by atomic mass is 14.8. The summed E-state index contributed by atoms with van der Waals surface area (Å²) in [7, 11) is 0. The van der Waals surface area contributed by atoms with Crippen LogP contribution < -0.4 is 0 Å². The predicted molar refractivity (Wildman–Crippen MR) is 50.2 cm³/mol. The van der Waals surface area contributed by atoms with Crippen LogP contribution in [0.3, 0.4) is 0 Å². The maximum atomic E-state index is 4.36. The molecule has 0 N–H and O–H groups in total. The van der Waals surface area contributed by atoms with Gasteiger partial charge in [-0.15, -0.1) is 0 Å². The smallest absolute Gasteiger partial charge is 0.0847 e. The highest BCUT2D eigenvalue weighted by molar-refractivity contribution is 5.74. The minimum absolute atomic E-state index is 0.540. The summed E-state index contributed by atoms with van der Waals surface area (Å²) in [5, 5.41) is 0. The molecular weight excluding hydrogens is 148 g/mol. The molecule has 0 spiro atoms. The lowest BCUT2D eigenvalue weighted by atomic mass is 10.0. The van der Waals surface area contributed by atoms with Crippen LogP contribution >= 0.6 is 0 Å². The monoisotopic (exact) mass is 160 g/mol. The SMILES string of the molecule is CC(C)c1cnc2c(c1)N=CC2. The Morgan fingerprint density at radius 2 is 2.25 bits per heavy atom. The molecule has 2 nitrogen and oxygen atoms in total. The molecule has 0 bridgehead atoms. The van der Waals surface area contributed by atoms with Crippen LogP contribution in [0.15, 0.2) is 17.3 Å². The van der Waals surface area contributed by atoms with Crippen molar-refractivity contribution in [2.45, 2.75) is 26.2 Å². The van der Waals surface area contributed by atoms with Gasteiger partial charge in [-0.1, -0.05) is 13.8 Å². The summed E-state index contributed by atoms with van der Waals surface area (Å²) in [6.07, 6.45) is 4.77. The number of pyridine rings is 1. The third-order valence-corrected chi connectivity index (χ3v) is 2.15. The summed E-state index contributed by atoms with van der Waals surface area (Å²) in [5.74, 6) is 0.540. The topological polar surface area (TPSA) is 25.2 Å². The largest absolute Gasteiger partial charge is 0.259 e. The normalized spacial score (nSPS) is 13.9. The van der Waals surface area contributed by atoms with Gasteiger partial charge in [-0.2, -0.15) is 0 Å². The molecule has 62 valence electrons. The fraction of sp³-hybridized carbons (Fsp3) is 0.400. The highest BCUT2D eigenvalue weighted by Gasteiger charge is 2.09. The van der Waals surface area contributed by atoms with Crippen molar-refractivity contribution in [1.82, 2.24) is 4.98 Å². The van der Waals surface area contributed by atoms with E-state index in [9.17, 15) is 0 Å². The van der Waals surface area contributed by atoms with E-state index in [0.29, 0.717) is 5.92 Å². The number of fused-ring (bicyclic) bond motifs is 1. The molecule has 1 aromatic heterocycles. The second kappa shape index (κ2) is 2.70. The number of rotatable bonds is 1. The molecule has 1 aliphatic heterocycles. The van der Waals surface area contributed by atoms with Crippen molar-refractivity contribution < 1.29 is 0 Å². The van der Waals surface area contributed by atoms with Crippen LogP contribution in [-0.4, -0.2) is 11.2 Å². The van der Waals surface area contributed by atoms with Gasteiger partial charge >= 0.3 is 0 Å². The van der Waals surface area contributed by atoms with Gasteiger partial charge in [-0.05, 0) is 17.5 Å². The molecule has 0 amide bonds. The lowest BCUT2D eigenvalue weighted by Crippen LogP contribution is -1.91. The Morgan fingerprint density at radius 3 is 3.00 bits per heavy atom. The molecule has 0 saturated heterocycles. The summed E-state index contributed by atoms with van der Waals surface area (Å²) in [6, 6.07) is 2.14. The van der Waals surface area contributed by atoms with E-state index in [4.69, 9.17) is 0 Å². The van der Waals surface area contributed by atoms with Crippen molar-refractivity contribution >= 4 is 11.9 Å². The molecule has 2 rings (SSSR count). The van der Waals surface area contributed by atoms with Crippen LogP contribution in [0.5, 0.6) is 0 Å². The van der Waals surface area contributed by atoms with Crippen LogP contribution in [-0.2, 0) is 6.42 Å². The summed E-state index contributed by atoms with van der Waals surface area (Å²) in [6.45, 7) is 4.34. The Morgan fingerprint density at radius 1 is 1.42 bits per heavy atom. The van der Waals surface area contributed by atoms with Crippen molar-refractivity contribution in [2.75, 3.05) is 0 Å². The Kier molecular flexibility index (Phi) is 1.68. The molecule has 0 fully saturated rings. The lowest BCUT2D eigenvalue weighted by Gasteiger charge is -2.05. The number of nitrogens with zero attached hydrogens (tertiary/aromatic N) is 2. The first-order valence-corrected chi connectivity index (χ1v) is 4.28. The molecule has 0 atom stereocenters. The molecular formula is C10H12N2. The van der Waals surface area contributed by atoms with Crippen molar-refractivity contribution in [1.29, 1.82) is 0 Å². The van der Waals surface area contributed by atoms with Gasteiger partial charge in [0.05, 0.1) is 11.4 Å². The second-order valence-electron chi connectivity index (χ2n) is 3.40. The number of hydrogen-bond acceptors (Lipinski definition) is 2. The average molecular weight is 160 g/mol. The van der Waals surface area contributed by atoms with Gasteiger partial charge in [0.15, 0.2) is 0 Å². The molecule has 1 aliphatic rings. The van der Waals surface area contributed by atoms with E-state index in [1.54, 1.807) is 0 Å². The van der Waals surface area contributed by atoms with E-state index in [1.165, 1.54) is 5.56 Å². The first-order chi connectivity index (χ1) is 5.77. The first kappa shape index (κ1) is 7.47. The molecule has 12 heavy (non-hydrogen) atoms. The van der Waals surface area contributed by atoms with Gasteiger partial charge in [-0.3, -0.25) is 9.98 Å². The van der Waals surface area contributed by atoms with Crippen molar-refractivity contribution in [3.8, 4) is 0 Å². The standard InChI is InChI=1S/C10H12N2/c1-7(2)8-5-10-9(12-6-8)3-4-11-10/h4-7H,3H2,1-2H3. The highest BCUT2D eigenvalue weighted by Crippen LogP contribution is 2.25. The molecule has 0 aliphatic carbocycles. The van der Waals surface area contributed by atoms with Gasteiger partial charge in [0.25, 0.3) is 0 Å². The van der Waals surface area contributed by atoms with Crippen LogP contribution in [0.1, 0.15) is 31.0 Å². The van der Waals surface area contributed by atoms with Crippen LogP contribution in [0.2, 0.25) is 0 Å². The predicted octanol–water partition coefficient (Wildman–Crippen LogP) is 2.46. The van der Waals surface area contributed by atoms with Crippen LogP contribution in [0, 0.1) is 0 Å². The third-order valence-electron chi connectivity index (χ3n) is 2.15. The Hall–Kier alpha value is -1.18. The number of hydrogen-bond donors (Lipinski definition) is 0. The van der Waals surface area contributed by atoms with Gasteiger partial charge in [0.2, 0.25) is 0 Å². The summed E-state index contributed by atoms with van der Waals surface area (Å²) in [5.41, 5.74) is 3.44. The maximum Gasteiger partial charge on any atom is 0.0847 e. The average Bonchev–Trinajstić information content (AvgIpc) is 2.49. The van der Waals surface area contributed by atoms with Crippen LogP contribution in [0.25, 0.3) is 0 Å². The zero-order valence-corrected chi connectivity index (χ0v) is 7.41. The van der Waals surface area contributed by atoms with Gasteiger partial charge in [0.1, 0.15) is 0 Å². The molecule has 0 radical (unpaired) electrons. The zero-order valence-electron chi connectivity index (χ0n) is 7.41. The van der Waals surface area contributed by atoms with Crippen molar-refractivity contribution in [2.24, 2.45) is 4.99 Å². The Balaban J connectivity index is 2.44. The van der Waals surface area contributed by atoms with Gasteiger partial charge < -0.3 is 0 Å². The van der Waals surface area contributed by atoms with Crippen molar-refractivity contribution in [3.63, 3.8) is 0 Å². The number of aliphatic imine (C=N–C) groups is 1. The molecule has 0 saturated carbocycles. The quantitative estimate of drug-likeness (QED) is 0.619. The fourth-order valence-electron chi connectivity index (χ4n) is 1.31. The second-order valence-corrected chi connectivity index (χ2v) is 3.40. The van der Waals surface area contributed by atoms with E-state index in [-0.39, 0.29) is 0 Å². The van der Waals surface area contributed by atoms with E-state index < -0.39 is 0 Å². The van der Waals surface area contributed by atoms with E-state index in [2.05, 4.69) is 29.9 Å². The van der Waals surface area contributed by atoms with Gasteiger partial charge in [0, 0.05) is 18.8 Å². The van der Waals surface area contributed by atoms with Crippen molar-refractivity contribution in [3.05, 3.63) is 23.5 Å². The zero-order chi connectivity index (χ0) is 8.55. The number of aromatic nitrogens is 1. The summed E-state index contributed by atoms with van der Waals surface area (Å²) < 4.78 is 0. The molecule has 2 heterocycles. The third kappa shape index (κ3) is 1.13. The minimum atomic E-state index is 0.540. The lowest BCUT2D eigenvalue weighted by molar-refractivity contribution is 0.856.